The zero-order chi connectivity index (χ0) is 18.9. The number of unbranched alkanes of at least 4 members (excludes halogenated alkanes) is 1. The largest absolute Gasteiger partial charge is 0.491 e. The number of pyridine rings is 2. The molecule has 2 rings (SSSR count). The van der Waals surface area contributed by atoms with Gasteiger partial charge in [-0.15, -0.1) is 0 Å². The molecule has 0 saturated heterocycles. The van der Waals surface area contributed by atoms with Gasteiger partial charge in [-0.2, -0.15) is 5.26 Å². The summed E-state index contributed by atoms with van der Waals surface area (Å²) in [7, 11) is 1.51. The van der Waals surface area contributed by atoms with E-state index in [1.54, 1.807) is 18.2 Å². The quantitative estimate of drug-likeness (QED) is 0.538. The van der Waals surface area contributed by atoms with Crippen LogP contribution in [-0.4, -0.2) is 35.4 Å². The van der Waals surface area contributed by atoms with Crippen molar-refractivity contribution >= 4 is 34.9 Å². The standard InChI is InChI=1S/C18H17Cl2N3O3/c1-25-17-5-4-16(23-18(17)26-7-3-2-6-24)12(9-21)8-13-14(19)10-22-11-15(13)20/h4-5,8,10-11,24H,2-3,6-7H2,1H3. The molecule has 0 bridgehead atoms. The van der Waals surface area contributed by atoms with Crippen LogP contribution >= 0.6 is 23.2 Å². The van der Waals surface area contributed by atoms with Crippen LogP contribution in [0.1, 0.15) is 24.1 Å². The van der Waals surface area contributed by atoms with Gasteiger partial charge in [0.2, 0.25) is 0 Å². The van der Waals surface area contributed by atoms with Crippen molar-refractivity contribution in [1.29, 1.82) is 5.26 Å². The van der Waals surface area contributed by atoms with E-state index in [2.05, 4.69) is 16.0 Å². The Hall–Kier alpha value is -2.33. The van der Waals surface area contributed by atoms with Gasteiger partial charge in [0.25, 0.3) is 5.88 Å². The Morgan fingerprint density at radius 3 is 2.62 bits per heavy atom. The monoisotopic (exact) mass is 393 g/mol. The van der Waals surface area contributed by atoms with Gasteiger partial charge in [0.05, 0.1) is 35.0 Å². The van der Waals surface area contributed by atoms with E-state index in [0.717, 1.165) is 0 Å². The molecule has 0 saturated carbocycles. The molecule has 0 unspecified atom stereocenters. The van der Waals surface area contributed by atoms with Crippen molar-refractivity contribution in [3.8, 4) is 17.7 Å². The van der Waals surface area contributed by atoms with Gasteiger partial charge < -0.3 is 14.6 Å². The van der Waals surface area contributed by atoms with Crippen LogP contribution < -0.4 is 9.47 Å². The first kappa shape index (κ1) is 20.0. The lowest BCUT2D eigenvalue weighted by Crippen LogP contribution is -2.03. The van der Waals surface area contributed by atoms with Crippen molar-refractivity contribution in [2.75, 3.05) is 20.3 Å². The molecule has 0 aliphatic rings. The lowest BCUT2D eigenvalue weighted by atomic mass is 10.1. The molecule has 8 heteroatoms. The van der Waals surface area contributed by atoms with E-state index in [-0.39, 0.29) is 18.1 Å². The second-order valence-corrected chi connectivity index (χ2v) is 5.98. The summed E-state index contributed by atoms with van der Waals surface area (Å²) >= 11 is 12.2. The number of rotatable bonds is 8. The minimum Gasteiger partial charge on any atom is -0.491 e. The Balaban J connectivity index is 2.36. The second-order valence-electron chi connectivity index (χ2n) is 5.17. The van der Waals surface area contributed by atoms with Gasteiger partial charge in [0.1, 0.15) is 6.07 Å². The molecule has 2 heterocycles. The number of aliphatic hydroxyl groups excluding tert-OH is 1. The average Bonchev–Trinajstić information content (AvgIpc) is 2.65. The van der Waals surface area contributed by atoms with Gasteiger partial charge >= 0.3 is 0 Å². The highest BCUT2D eigenvalue weighted by atomic mass is 35.5. The van der Waals surface area contributed by atoms with Gasteiger partial charge in [-0.3, -0.25) is 4.98 Å². The summed E-state index contributed by atoms with van der Waals surface area (Å²) in [5.74, 6) is 0.728. The Kier molecular flexibility index (Phi) is 7.67. The molecule has 0 amide bonds. The van der Waals surface area contributed by atoms with E-state index in [9.17, 15) is 5.26 Å². The summed E-state index contributed by atoms with van der Waals surface area (Å²) in [5, 5.41) is 19.0. The molecular formula is C18H17Cl2N3O3. The van der Waals surface area contributed by atoms with Crippen LogP contribution in [0.5, 0.6) is 11.6 Å². The molecule has 2 aromatic heterocycles. The van der Waals surface area contributed by atoms with Gasteiger partial charge in [-0.25, -0.2) is 4.98 Å². The lowest BCUT2D eigenvalue weighted by molar-refractivity contribution is 0.242. The number of nitriles is 1. The molecule has 0 spiro atoms. The van der Waals surface area contributed by atoms with E-state index in [0.29, 0.717) is 46.5 Å². The molecule has 6 nitrogen and oxygen atoms in total. The normalized spacial score (nSPS) is 11.1. The van der Waals surface area contributed by atoms with Gasteiger partial charge in [-0.05, 0) is 31.1 Å². The number of nitrogens with zero attached hydrogens (tertiary/aromatic N) is 3. The molecule has 0 aliphatic carbocycles. The lowest BCUT2D eigenvalue weighted by Gasteiger charge is -2.11. The third-order valence-corrected chi connectivity index (χ3v) is 4.01. The fourth-order valence-corrected chi connectivity index (χ4v) is 2.56. The van der Waals surface area contributed by atoms with Crippen molar-refractivity contribution < 1.29 is 14.6 Å². The molecule has 136 valence electrons. The Labute approximate surface area is 161 Å². The van der Waals surface area contributed by atoms with Crippen LogP contribution in [0.4, 0.5) is 0 Å². The van der Waals surface area contributed by atoms with Crippen molar-refractivity contribution in [3.05, 3.63) is 45.8 Å². The first-order chi connectivity index (χ1) is 12.6. The molecule has 1 N–H and O–H groups in total. The van der Waals surface area contributed by atoms with Crippen molar-refractivity contribution in [2.24, 2.45) is 0 Å². The smallest absolute Gasteiger partial charge is 0.257 e. The van der Waals surface area contributed by atoms with Crippen LogP contribution in [0.2, 0.25) is 10.0 Å². The highest BCUT2D eigenvalue weighted by Gasteiger charge is 2.13. The summed E-state index contributed by atoms with van der Waals surface area (Å²) in [4.78, 5) is 8.26. The fraction of sp³-hybridized carbons (Fsp3) is 0.278. The Morgan fingerprint density at radius 1 is 1.27 bits per heavy atom. The van der Waals surface area contributed by atoms with E-state index in [1.165, 1.54) is 19.5 Å². The van der Waals surface area contributed by atoms with E-state index < -0.39 is 0 Å². The van der Waals surface area contributed by atoms with Crippen LogP contribution in [0, 0.1) is 11.3 Å². The highest BCUT2D eigenvalue weighted by Crippen LogP contribution is 2.30. The molecule has 26 heavy (non-hydrogen) atoms. The molecule has 0 radical (unpaired) electrons. The van der Waals surface area contributed by atoms with Crippen LogP contribution in [0.3, 0.4) is 0 Å². The third-order valence-electron chi connectivity index (χ3n) is 3.41. The number of ether oxygens (including phenoxy) is 2. The number of methoxy groups -OCH3 is 1. The maximum atomic E-state index is 9.53. The molecule has 2 aromatic rings. The fourth-order valence-electron chi connectivity index (χ4n) is 2.09. The van der Waals surface area contributed by atoms with Crippen LogP contribution in [0.15, 0.2) is 24.5 Å². The van der Waals surface area contributed by atoms with Gasteiger partial charge in [0.15, 0.2) is 5.75 Å². The topological polar surface area (TPSA) is 88.3 Å². The van der Waals surface area contributed by atoms with E-state index >= 15 is 0 Å². The van der Waals surface area contributed by atoms with E-state index in [4.69, 9.17) is 37.8 Å². The maximum absolute atomic E-state index is 9.53. The summed E-state index contributed by atoms with van der Waals surface area (Å²) in [6.45, 7) is 0.476. The predicted octanol–water partition coefficient (Wildman–Crippen LogP) is 4.01. The van der Waals surface area contributed by atoms with Crippen molar-refractivity contribution in [2.45, 2.75) is 12.8 Å². The zero-order valence-electron chi connectivity index (χ0n) is 14.1. The van der Waals surface area contributed by atoms with Crippen molar-refractivity contribution in [3.63, 3.8) is 0 Å². The van der Waals surface area contributed by atoms with Crippen LogP contribution in [0.25, 0.3) is 11.6 Å². The second kappa shape index (κ2) is 9.97. The number of hydrogen-bond donors (Lipinski definition) is 1. The summed E-state index contributed by atoms with van der Waals surface area (Å²) in [5.41, 5.74) is 1.15. The SMILES string of the molecule is COc1ccc(C(C#N)=Cc2c(Cl)cncc2Cl)nc1OCCCCO. The zero-order valence-corrected chi connectivity index (χ0v) is 15.6. The molecule has 0 aliphatic heterocycles. The van der Waals surface area contributed by atoms with Gasteiger partial charge in [0, 0.05) is 24.6 Å². The van der Waals surface area contributed by atoms with Crippen molar-refractivity contribution in [1.82, 2.24) is 9.97 Å². The molecular weight excluding hydrogens is 377 g/mol. The summed E-state index contributed by atoms with van der Waals surface area (Å²) in [6.07, 6.45) is 5.76. The third kappa shape index (κ3) is 5.09. The molecule has 0 aromatic carbocycles. The summed E-state index contributed by atoms with van der Waals surface area (Å²) in [6, 6.07) is 5.42. The number of aromatic nitrogens is 2. The van der Waals surface area contributed by atoms with E-state index in [1.807, 2.05) is 0 Å². The maximum Gasteiger partial charge on any atom is 0.257 e. The first-order valence-corrected chi connectivity index (χ1v) is 8.56. The van der Waals surface area contributed by atoms with Gasteiger partial charge in [-0.1, -0.05) is 23.2 Å². The minimum atomic E-state index is 0.0999. The Morgan fingerprint density at radius 2 is 2.00 bits per heavy atom. The van der Waals surface area contributed by atoms with Crippen LogP contribution in [-0.2, 0) is 0 Å². The number of aliphatic hydroxyl groups is 1. The highest BCUT2D eigenvalue weighted by molar-refractivity contribution is 6.37. The molecule has 0 fully saturated rings. The number of allylic oxidation sites excluding steroid dienone is 1. The number of hydrogen-bond acceptors (Lipinski definition) is 6. The first-order valence-electron chi connectivity index (χ1n) is 7.80. The summed E-state index contributed by atoms with van der Waals surface area (Å²) < 4.78 is 10.9. The Bertz CT molecular complexity index is 815. The average molecular weight is 394 g/mol. The number of halogens is 2. The predicted molar refractivity (Wildman–Crippen MR) is 100 cm³/mol. The minimum absolute atomic E-state index is 0.0999. The molecule has 0 atom stereocenters.